The molecule has 0 N–H and O–H groups in total. The summed E-state index contributed by atoms with van der Waals surface area (Å²) in [4.78, 5) is 7.79. The first-order valence-corrected chi connectivity index (χ1v) is 51.0. The standard InChI is InChI=1S/C50H30N2O2S6.C50H30N2S8/c2*1-23-7-13-29(14-8-23)51-39-43-37(21-35(55-43)33-19-27-11-5-25(3)17-31(27)53-33)57-45(39)47-41(51)49-50(59-47)42-48(60-49)46-40(52(42)30-15-9-24(2)10-16-30)44-38(58-46)22-36(56-44)34-20-28-12-6-26(4)18-32(28)54-34/h2*5-22H,1-4H3. The van der Waals surface area contributed by atoms with E-state index in [-0.39, 0.29) is 0 Å². The third-order valence-corrected chi connectivity index (χ3v) is 41.6. The Kier molecular flexibility index (Phi) is 15.2. The molecule has 6 nitrogen and oxygen atoms in total. The Morgan fingerprint density at radius 1 is 0.175 bits per heavy atom. The highest BCUT2D eigenvalue weighted by Crippen LogP contribution is 2.62. The van der Waals surface area contributed by atoms with E-state index in [1.54, 1.807) is 0 Å². The van der Waals surface area contributed by atoms with Crippen LogP contribution < -0.4 is 0 Å². The minimum absolute atomic E-state index is 0.937. The van der Waals surface area contributed by atoms with Gasteiger partial charge in [0.25, 0.3) is 0 Å². The van der Waals surface area contributed by atoms with Gasteiger partial charge in [0.2, 0.25) is 0 Å². The van der Waals surface area contributed by atoms with Gasteiger partial charge >= 0.3 is 0 Å². The lowest BCUT2D eigenvalue weighted by Crippen LogP contribution is -1.93. The number of aromatic nitrogens is 4. The van der Waals surface area contributed by atoms with Gasteiger partial charge in [0.15, 0.2) is 0 Å². The van der Waals surface area contributed by atoms with Crippen molar-refractivity contribution in [3.8, 4) is 63.5 Å². The van der Waals surface area contributed by atoms with Gasteiger partial charge in [-0.1, -0.05) is 119 Å². The Hall–Kier alpha value is -10.1. The van der Waals surface area contributed by atoms with Gasteiger partial charge in [-0.05, 0) is 210 Å². The zero-order valence-electron chi connectivity index (χ0n) is 65.1. The smallest absolute Gasteiger partial charge is 0.145 e. The number of nitrogens with zero attached hydrogens (tertiary/aromatic N) is 4. The Balaban J connectivity index is 0.000000127. The molecule has 576 valence electrons. The quantitative estimate of drug-likeness (QED) is 0.152. The van der Waals surface area contributed by atoms with Crippen molar-refractivity contribution in [2.24, 2.45) is 0 Å². The summed E-state index contributed by atoms with van der Waals surface area (Å²) in [6.07, 6.45) is 0. The summed E-state index contributed by atoms with van der Waals surface area (Å²) in [5.41, 5.74) is 27.6. The summed E-state index contributed by atoms with van der Waals surface area (Å²) >= 11 is 27.2. The van der Waals surface area contributed by atoms with Crippen LogP contribution >= 0.6 is 159 Å². The van der Waals surface area contributed by atoms with Gasteiger partial charge in [0.05, 0.1) is 129 Å². The molecule has 0 aliphatic rings. The van der Waals surface area contributed by atoms with Gasteiger partial charge in [-0.2, -0.15) is 0 Å². The monoisotopic (exact) mass is 1800 g/mol. The molecule has 0 radical (unpaired) electrons. The first kappa shape index (κ1) is 70.6. The number of hydrogen-bond donors (Lipinski definition) is 0. The Labute approximate surface area is 739 Å². The second-order valence-electron chi connectivity index (χ2n) is 32.1. The molecular weight excluding hydrogens is 1740 g/mol. The van der Waals surface area contributed by atoms with Crippen molar-refractivity contribution < 1.29 is 8.83 Å². The Morgan fingerprint density at radius 3 is 0.708 bits per heavy atom. The van der Waals surface area contributed by atoms with E-state index in [0.29, 0.717) is 0 Å². The van der Waals surface area contributed by atoms with E-state index in [1.165, 1.54) is 255 Å². The average molecular weight is 1800 g/mol. The third-order valence-electron chi connectivity index (χ3n) is 23.8. The van der Waals surface area contributed by atoms with Crippen LogP contribution in [-0.2, 0) is 0 Å². The van der Waals surface area contributed by atoms with Crippen LogP contribution in [-0.4, -0.2) is 18.3 Å². The molecule has 0 amide bonds. The SMILES string of the molecule is Cc1ccc(-n2c3c4sc(-c5cc6ccc(C)cc6o5)cc4sc3c3sc4c(sc5c6sc7cc(-c8cc9ccc(C)cc9o8)sc7c6n(-c6ccc(C)cc6)c54)c32)cc1.Cc1ccc(-n2c3c4sc(-c5cc6ccc(C)cc6s5)cc4sc3c3sc4c(sc5c6sc7cc(-c8cc9ccc(C)cc9s8)sc7c6n(-c6ccc(C)cc6)c54)c32)cc1. The summed E-state index contributed by atoms with van der Waals surface area (Å²) in [5.74, 6) is 1.87. The zero-order valence-corrected chi connectivity index (χ0v) is 76.5. The maximum atomic E-state index is 6.46. The van der Waals surface area contributed by atoms with Crippen molar-refractivity contribution in [1.29, 1.82) is 0 Å². The number of furan rings is 2. The highest BCUT2D eigenvalue weighted by atomic mass is 32.2. The van der Waals surface area contributed by atoms with Crippen LogP contribution in [0.25, 0.3) is 244 Å². The van der Waals surface area contributed by atoms with E-state index >= 15 is 0 Å². The van der Waals surface area contributed by atoms with Crippen molar-refractivity contribution in [2.75, 3.05) is 0 Å². The topological polar surface area (TPSA) is 46.0 Å². The van der Waals surface area contributed by atoms with Crippen molar-refractivity contribution in [3.05, 3.63) is 263 Å². The number of aryl methyl sites for hydroxylation is 8. The highest BCUT2D eigenvalue weighted by molar-refractivity contribution is 7.45. The van der Waals surface area contributed by atoms with Crippen LogP contribution in [0.4, 0.5) is 0 Å². The molecule has 0 saturated carbocycles. The predicted molar refractivity (Wildman–Crippen MR) is 540 cm³/mol. The lowest BCUT2D eigenvalue weighted by Gasteiger charge is -2.08. The van der Waals surface area contributed by atoms with Gasteiger partial charge in [-0.3, -0.25) is 0 Å². The molecule has 8 aromatic carbocycles. The summed E-state index contributed by atoms with van der Waals surface area (Å²) in [6.45, 7) is 17.3. The maximum absolute atomic E-state index is 6.46. The molecule has 28 rings (SSSR count). The summed E-state index contributed by atoms with van der Waals surface area (Å²) < 4.78 is 53.4. The largest absolute Gasteiger partial charge is 0.455 e. The lowest BCUT2D eigenvalue weighted by atomic mass is 10.2. The molecule has 0 aliphatic carbocycles. The van der Waals surface area contributed by atoms with Crippen LogP contribution in [0.2, 0.25) is 0 Å². The molecular formula is C100H60N4O2S14. The number of thiophene rings is 14. The van der Waals surface area contributed by atoms with Gasteiger partial charge < -0.3 is 27.1 Å². The minimum atomic E-state index is 0.937. The van der Waals surface area contributed by atoms with E-state index in [0.717, 1.165) is 33.5 Å². The fourth-order valence-corrected chi connectivity index (χ4v) is 36.9. The summed E-state index contributed by atoms with van der Waals surface area (Å²) in [6, 6.07) is 81.8. The fourth-order valence-electron chi connectivity index (χ4n) is 18.0. The molecule has 0 spiro atoms. The molecule has 20 aromatic heterocycles. The molecule has 0 bridgehead atoms. The van der Waals surface area contributed by atoms with Crippen molar-refractivity contribution >= 4 is 339 Å². The van der Waals surface area contributed by atoms with Gasteiger partial charge in [0, 0.05) is 81.2 Å². The van der Waals surface area contributed by atoms with Gasteiger partial charge in [0.1, 0.15) is 22.7 Å². The van der Waals surface area contributed by atoms with Crippen LogP contribution in [0.1, 0.15) is 44.5 Å². The van der Waals surface area contributed by atoms with Crippen LogP contribution in [0, 0.1) is 55.4 Å². The van der Waals surface area contributed by atoms with Crippen LogP contribution in [0.3, 0.4) is 0 Å². The van der Waals surface area contributed by atoms with E-state index in [2.05, 4.69) is 292 Å². The van der Waals surface area contributed by atoms with E-state index in [4.69, 9.17) is 8.83 Å². The molecule has 0 saturated heterocycles. The number of rotatable bonds is 8. The molecule has 120 heavy (non-hydrogen) atoms. The molecule has 20 heterocycles. The second kappa shape index (κ2) is 25.8. The van der Waals surface area contributed by atoms with E-state index in [1.807, 2.05) is 159 Å². The van der Waals surface area contributed by atoms with Crippen LogP contribution in [0.5, 0.6) is 0 Å². The molecule has 0 aliphatic heterocycles. The molecule has 0 fully saturated rings. The highest BCUT2D eigenvalue weighted by Gasteiger charge is 2.34. The van der Waals surface area contributed by atoms with E-state index in [9.17, 15) is 0 Å². The van der Waals surface area contributed by atoms with Gasteiger partial charge in [-0.25, -0.2) is 0 Å². The van der Waals surface area contributed by atoms with E-state index < -0.39 is 0 Å². The normalized spacial score (nSPS) is 12.7. The fraction of sp³-hybridized carbons (Fsp3) is 0.0800. The number of hydrogen-bond acceptors (Lipinski definition) is 16. The molecule has 28 aromatic rings. The van der Waals surface area contributed by atoms with Gasteiger partial charge in [-0.15, -0.1) is 159 Å². The Morgan fingerprint density at radius 2 is 0.408 bits per heavy atom. The zero-order chi connectivity index (χ0) is 79.4. The summed E-state index contributed by atoms with van der Waals surface area (Å²) in [7, 11) is 0. The second-order valence-corrected chi connectivity index (χ2v) is 46.7. The third kappa shape index (κ3) is 10.3. The van der Waals surface area contributed by atoms with Crippen molar-refractivity contribution in [3.63, 3.8) is 0 Å². The molecule has 20 heteroatoms. The predicted octanol–water partition coefficient (Wildman–Crippen LogP) is 36.5. The Bertz CT molecular complexity index is 8200. The number of fused-ring (bicyclic) bond motifs is 30. The first-order valence-electron chi connectivity index (χ1n) is 39.6. The maximum Gasteiger partial charge on any atom is 0.145 e. The van der Waals surface area contributed by atoms with Crippen LogP contribution in [0.15, 0.2) is 227 Å². The minimum Gasteiger partial charge on any atom is -0.455 e. The summed E-state index contributed by atoms with van der Waals surface area (Å²) in [5, 5.41) is 4.95. The average Bonchev–Trinajstić information content (AvgIpc) is 1.51. The lowest BCUT2D eigenvalue weighted by molar-refractivity contribution is 0.632. The number of benzene rings is 8. The molecule has 0 unspecified atom stereocenters. The molecule has 0 atom stereocenters. The van der Waals surface area contributed by atoms with Crippen molar-refractivity contribution in [2.45, 2.75) is 55.4 Å². The van der Waals surface area contributed by atoms with Crippen molar-refractivity contribution in [1.82, 2.24) is 18.3 Å². The first-order chi connectivity index (χ1) is 58.6.